The van der Waals surface area contributed by atoms with Crippen molar-refractivity contribution in [2.75, 3.05) is 25.0 Å². The highest BCUT2D eigenvalue weighted by molar-refractivity contribution is 9.09. The van der Waals surface area contributed by atoms with E-state index in [1.165, 1.54) is 4.31 Å². The Balaban J connectivity index is 5.15. The molecule has 0 aliphatic rings. The second kappa shape index (κ2) is 8.45. The summed E-state index contributed by atoms with van der Waals surface area (Å²) >= 11 is 3.34. The van der Waals surface area contributed by atoms with Crippen molar-refractivity contribution in [1.29, 1.82) is 0 Å². The summed E-state index contributed by atoms with van der Waals surface area (Å²) in [4.78, 5) is 0. The number of alkyl halides is 1. The first-order chi connectivity index (χ1) is 7.99. The van der Waals surface area contributed by atoms with E-state index in [4.69, 9.17) is 0 Å². The van der Waals surface area contributed by atoms with Gasteiger partial charge in [0.1, 0.15) is 0 Å². The minimum absolute atomic E-state index is 0.0955. The molecular formula is C11H25BrN2O2S. The first-order valence-electron chi connectivity index (χ1n) is 6.32. The van der Waals surface area contributed by atoms with E-state index >= 15 is 0 Å². The van der Waals surface area contributed by atoms with Crippen molar-refractivity contribution in [3.8, 4) is 0 Å². The molecule has 0 aromatic heterocycles. The van der Waals surface area contributed by atoms with Crippen molar-refractivity contribution in [1.82, 2.24) is 8.61 Å². The standard InChI is InChI=1S/C11H25BrN2O2S/c1-5-11(6-2)14(10-9-12)17(15,16)13(7-3)8-4/h11H,5-10H2,1-4H3. The molecule has 0 aromatic carbocycles. The summed E-state index contributed by atoms with van der Waals surface area (Å²) in [5.74, 6) is 0. The highest BCUT2D eigenvalue weighted by atomic mass is 79.9. The van der Waals surface area contributed by atoms with Crippen LogP contribution in [-0.2, 0) is 10.2 Å². The fourth-order valence-corrected chi connectivity index (χ4v) is 4.53. The van der Waals surface area contributed by atoms with Crippen LogP contribution in [0.25, 0.3) is 0 Å². The number of hydrogen-bond acceptors (Lipinski definition) is 2. The molecule has 0 bridgehead atoms. The molecule has 0 N–H and O–H groups in total. The molecule has 0 rings (SSSR count). The molecule has 0 aliphatic heterocycles. The minimum Gasteiger partial charge on any atom is -0.195 e. The molecule has 0 saturated carbocycles. The monoisotopic (exact) mass is 328 g/mol. The Bertz CT molecular complexity index is 288. The molecular weight excluding hydrogens is 304 g/mol. The van der Waals surface area contributed by atoms with Gasteiger partial charge in [-0.25, -0.2) is 0 Å². The van der Waals surface area contributed by atoms with Gasteiger partial charge in [-0.3, -0.25) is 0 Å². The first-order valence-corrected chi connectivity index (χ1v) is 8.84. The van der Waals surface area contributed by atoms with E-state index in [1.54, 1.807) is 4.31 Å². The fourth-order valence-electron chi connectivity index (χ4n) is 1.96. The van der Waals surface area contributed by atoms with Gasteiger partial charge in [-0.1, -0.05) is 43.6 Å². The Hall–Kier alpha value is 0.350. The van der Waals surface area contributed by atoms with E-state index in [0.29, 0.717) is 25.0 Å². The lowest BCUT2D eigenvalue weighted by Crippen LogP contribution is -2.49. The first kappa shape index (κ1) is 17.4. The Kier molecular flexibility index (Phi) is 8.63. The topological polar surface area (TPSA) is 40.6 Å². The number of halogens is 1. The molecule has 104 valence electrons. The van der Waals surface area contributed by atoms with Crippen molar-refractivity contribution in [3.63, 3.8) is 0 Å². The van der Waals surface area contributed by atoms with Crippen molar-refractivity contribution >= 4 is 26.1 Å². The number of hydrogen-bond donors (Lipinski definition) is 0. The molecule has 17 heavy (non-hydrogen) atoms. The molecule has 0 unspecified atom stereocenters. The maximum Gasteiger partial charge on any atom is 0.282 e. The van der Waals surface area contributed by atoms with Gasteiger partial charge >= 0.3 is 0 Å². The smallest absolute Gasteiger partial charge is 0.195 e. The van der Waals surface area contributed by atoms with Gasteiger partial charge in [0, 0.05) is 31.0 Å². The highest BCUT2D eigenvalue weighted by Crippen LogP contribution is 2.17. The summed E-state index contributed by atoms with van der Waals surface area (Å²) in [6.07, 6.45) is 1.70. The lowest BCUT2D eigenvalue weighted by atomic mass is 10.2. The van der Waals surface area contributed by atoms with Gasteiger partial charge in [-0.15, -0.1) is 0 Å². The average Bonchev–Trinajstić information content (AvgIpc) is 2.30. The summed E-state index contributed by atoms with van der Waals surface area (Å²) in [6, 6.07) is 0.0955. The normalized spacial score (nSPS) is 12.9. The predicted octanol–water partition coefficient (Wildman–Crippen LogP) is 2.46. The zero-order valence-corrected chi connectivity index (χ0v) is 13.7. The zero-order valence-electron chi connectivity index (χ0n) is 11.3. The van der Waals surface area contributed by atoms with Crippen LogP contribution in [0.15, 0.2) is 0 Å². The van der Waals surface area contributed by atoms with Crippen LogP contribution in [0.5, 0.6) is 0 Å². The third-order valence-electron chi connectivity index (χ3n) is 2.98. The molecule has 0 amide bonds. The van der Waals surface area contributed by atoms with Crippen molar-refractivity contribution in [2.45, 2.75) is 46.6 Å². The van der Waals surface area contributed by atoms with E-state index in [2.05, 4.69) is 15.9 Å². The van der Waals surface area contributed by atoms with Crippen LogP contribution in [0.1, 0.15) is 40.5 Å². The van der Waals surface area contributed by atoms with Gasteiger partial charge in [0.05, 0.1) is 0 Å². The molecule has 6 heteroatoms. The summed E-state index contributed by atoms with van der Waals surface area (Å²) < 4.78 is 28.1. The maximum absolute atomic E-state index is 12.5. The molecule has 0 aromatic rings. The molecule has 0 radical (unpaired) electrons. The largest absolute Gasteiger partial charge is 0.282 e. The third kappa shape index (κ3) is 4.50. The van der Waals surface area contributed by atoms with Crippen LogP contribution in [0.4, 0.5) is 0 Å². The van der Waals surface area contributed by atoms with Gasteiger partial charge < -0.3 is 0 Å². The SMILES string of the molecule is CCC(CC)N(CCBr)S(=O)(=O)N(CC)CC. The van der Waals surface area contributed by atoms with Gasteiger partial charge in [-0.2, -0.15) is 17.0 Å². The summed E-state index contributed by atoms with van der Waals surface area (Å²) in [5, 5.41) is 0.671. The van der Waals surface area contributed by atoms with Crippen molar-refractivity contribution in [3.05, 3.63) is 0 Å². The van der Waals surface area contributed by atoms with Crippen molar-refractivity contribution < 1.29 is 8.42 Å². The molecule has 0 fully saturated rings. The summed E-state index contributed by atoms with van der Waals surface area (Å²) in [5.41, 5.74) is 0. The fraction of sp³-hybridized carbons (Fsp3) is 1.00. The van der Waals surface area contributed by atoms with E-state index in [0.717, 1.165) is 12.8 Å². The Morgan fingerprint density at radius 3 is 1.82 bits per heavy atom. The van der Waals surface area contributed by atoms with E-state index in [1.807, 2.05) is 27.7 Å². The summed E-state index contributed by atoms with van der Waals surface area (Å²) in [7, 11) is -3.31. The van der Waals surface area contributed by atoms with Gasteiger partial charge in [-0.05, 0) is 12.8 Å². The van der Waals surface area contributed by atoms with E-state index < -0.39 is 10.2 Å². The minimum atomic E-state index is -3.31. The predicted molar refractivity (Wildman–Crippen MR) is 76.7 cm³/mol. The summed E-state index contributed by atoms with van der Waals surface area (Å²) in [6.45, 7) is 9.40. The van der Waals surface area contributed by atoms with E-state index in [-0.39, 0.29) is 6.04 Å². The second-order valence-electron chi connectivity index (χ2n) is 3.86. The molecule has 0 heterocycles. The van der Waals surface area contributed by atoms with Crippen LogP contribution >= 0.6 is 15.9 Å². The van der Waals surface area contributed by atoms with Crippen LogP contribution in [0.3, 0.4) is 0 Å². The molecule has 0 spiro atoms. The highest BCUT2D eigenvalue weighted by Gasteiger charge is 2.31. The van der Waals surface area contributed by atoms with Crippen LogP contribution in [0, 0.1) is 0 Å². The van der Waals surface area contributed by atoms with Crippen molar-refractivity contribution in [2.24, 2.45) is 0 Å². The Morgan fingerprint density at radius 2 is 1.53 bits per heavy atom. The molecule has 4 nitrogen and oxygen atoms in total. The maximum atomic E-state index is 12.5. The van der Waals surface area contributed by atoms with Crippen LogP contribution < -0.4 is 0 Å². The van der Waals surface area contributed by atoms with Gasteiger partial charge in [0.2, 0.25) is 0 Å². The Morgan fingerprint density at radius 1 is 1.06 bits per heavy atom. The quantitative estimate of drug-likeness (QED) is 0.610. The lowest BCUT2D eigenvalue weighted by Gasteiger charge is -2.33. The Labute approximate surface area is 115 Å². The molecule has 0 atom stereocenters. The van der Waals surface area contributed by atoms with Gasteiger partial charge in [0.15, 0.2) is 0 Å². The van der Waals surface area contributed by atoms with E-state index in [9.17, 15) is 8.42 Å². The molecule has 0 aliphatic carbocycles. The van der Waals surface area contributed by atoms with Crippen LogP contribution in [-0.4, -0.2) is 48.0 Å². The molecule has 0 saturated heterocycles. The number of rotatable bonds is 9. The zero-order chi connectivity index (χ0) is 13.5. The van der Waals surface area contributed by atoms with Crippen LogP contribution in [0.2, 0.25) is 0 Å². The van der Waals surface area contributed by atoms with Gasteiger partial charge in [0.25, 0.3) is 10.2 Å². The average molecular weight is 329 g/mol. The third-order valence-corrected chi connectivity index (χ3v) is 5.58. The number of nitrogens with zero attached hydrogens (tertiary/aromatic N) is 2. The second-order valence-corrected chi connectivity index (χ2v) is 6.54. The lowest BCUT2D eigenvalue weighted by molar-refractivity contribution is 0.286.